The number of nitrogens with zero attached hydrogens (tertiary/aromatic N) is 1. The summed E-state index contributed by atoms with van der Waals surface area (Å²) in [6, 6.07) is 3.22. The Morgan fingerprint density at radius 1 is 1.50 bits per heavy atom. The quantitative estimate of drug-likeness (QED) is 0.918. The van der Waals surface area contributed by atoms with E-state index in [0.29, 0.717) is 8.55 Å². The third-order valence-electron chi connectivity index (χ3n) is 2.46. The van der Waals surface area contributed by atoms with Gasteiger partial charge >= 0.3 is 0 Å². The van der Waals surface area contributed by atoms with Gasteiger partial charge in [0.1, 0.15) is 4.21 Å². The molecular formula is C8H12Cl2N2O2S2. The summed E-state index contributed by atoms with van der Waals surface area (Å²) in [5.41, 5.74) is 0. The zero-order valence-electron chi connectivity index (χ0n) is 8.51. The van der Waals surface area contributed by atoms with Crippen LogP contribution in [0.5, 0.6) is 0 Å². The van der Waals surface area contributed by atoms with Crippen LogP contribution in [0.15, 0.2) is 16.3 Å². The Morgan fingerprint density at radius 3 is 2.50 bits per heavy atom. The van der Waals surface area contributed by atoms with Gasteiger partial charge in [-0.1, -0.05) is 11.6 Å². The largest absolute Gasteiger partial charge is 0.313 e. The van der Waals surface area contributed by atoms with Gasteiger partial charge in [0.05, 0.1) is 4.34 Å². The van der Waals surface area contributed by atoms with Crippen LogP contribution in [-0.2, 0) is 10.0 Å². The van der Waals surface area contributed by atoms with Gasteiger partial charge in [-0.25, -0.2) is 8.42 Å². The molecule has 0 unspecified atom stereocenters. The molecule has 1 aromatic heterocycles. The zero-order chi connectivity index (χ0) is 11.1. The van der Waals surface area contributed by atoms with Gasteiger partial charge < -0.3 is 5.32 Å². The molecule has 0 aliphatic carbocycles. The van der Waals surface area contributed by atoms with Gasteiger partial charge in [0.15, 0.2) is 0 Å². The van der Waals surface area contributed by atoms with Crippen molar-refractivity contribution in [2.24, 2.45) is 0 Å². The molecule has 0 aromatic carbocycles. The second-order valence-electron chi connectivity index (χ2n) is 3.39. The van der Waals surface area contributed by atoms with E-state index >= 15 is 0 Å². The smallest absolute Gasteiger partial charge is 0.252 e. The van der Waals surface area contributed by atoms with Crippen molar-refractivity contribution in [2.75, 3.05) is 20.1 Å². The summed E-state index contributed by atoms with van der Waals surface area (Å²) in [4.78, 5) is 0. The molecule has 1 N–H and O–H groups in total. The summed E-state index contributed by atoms with van der Waals surface area (Å²) in [5, 5.41) is 3.04. The summed E-state index contributed by atoms with van der Waals surface area (Å²) in [6.45, 7) is 1.43. The van der Waals surface area contributed by atoms with Gasteiger partial charge in [-0.05, 0) is 12.1 Å². The van der Waals surface area contributed by atoms with Crippen molar-refractivity contribution < 1.29 is 8.42 Å². The molecule has 2 rings (SSSR count). The van der Waals surface area contributed by atoms with Crippen molar-refractivity contribution in [1.82, 2.24) is 9.62 Å². The van der Waals surface area contributed by atoms with E-state index in [0.717, 1.165) is 24.4 Å². The van der Waals surface area contributed by atoms with Gasteiger partial charge in [0, 0.05) is 26.2 Å². The Kier molecular flexibility index (Phi) is 4.62. The monoisotopic (exact) mass is 302 g/mol. The van der Waals surface area contributed by atoms with Gasteiger partial charge in [-0.3, -0.25) is 0 Å². The predicted molar refractivity (Wildman–Crippen MR) is 68.2 cm³/mol. The Bertz CT molecular complexity index is 456. The highest BCUT2D eigenvalue weighted by Gasteiger charge is 2.32. The lowest BCUT2D eigenvalue weighted by molar-refractivity contribution is 0.274. The van der Waals surface area contributed by atoms with Crippen LogP contribution in [0.2, 0.25) is 4.34 Å². The lowest BCUT2D eigenvalue weighted by Crippen LogP contribution is -2.57. The first kappa shape index (κ1) is 14.2. The summed E-state index contributed by atoms with van der Waals surface area (Å²) in [6.07, 6.45) is 0. The second-order valence-corrected chi connectivity index (χ2v) is 7.33. The van der Waals surface area contributed by atoms with E-state index in [4.69, 9.17) is 11.6 Å². The van der Waals surface area contributed by atoms with Crippen molar-refractivity contribution in [1.29, 1.82) is 0 Å². The zero-order valence-corrected chi connectivity index (χ0v) is 11.7. The molecule has 92 valence electrons. The molecule has 0 saturated carbocycles. The van der Waals surface area contributed by atoms with Crippen LogP contribution in [0.3, 0.4) is 0 Å². The molecule has 2 heterocycles. The molecular weight excluding hydrogens is 291 g/mol. The fraction of sp³-hybridized carbons (Fsp3) is 0.500. The number of sulfonamides is 1. The summed E-state index contributed by atoms with van der Waals surface area (Å²) in [7, 11) is -1.75. The first-order valence-corrected chi connectivity index (χ1v) is 7.09. The maximum absolute atomic E-state index is 12.0. The van der Waals surface area contributed by atoms with Crippen LogP contribution >= 0.6 is 35.3 Å². The standard InChI is InChI=1S/C8H11ClN2O2S2.ClH/c1-11(6-4-10-5-6)15(12,13)8-3-2-7(9)14-8;/h2-3,6,10H,4-5H2,1H3;1H. The van der Waals surface area contributed by atoms with Crippen molar-refractivity contribution >= 4 is 45.4 Å². The Balaban J connectivity index is 0.00000128. The summed E-state index contributed by atoms with van der Waals surface area (Å²) < 4.78 is 26.3. The van der Waals surface area contributed by atoms with Crippen molar-refractivity contribution in [3.05, 3.63) is 16.5 Å². The number of thiophene rings is 1. The molecule has 1 aliphatic heterocycles. The molecule has 1 aromatic rings. The fourth-order valence-electron chi connectivity index (χ4n) is 1.31. The van der Waals surface area contributed by atoms with E-state index in [9.17, 15) is 8.42 Å². The maximum atomic E-state index is 12.0. The van der Waals surface area contributed by atoms with Crippen LogP contribution in [0.4, 0.5) is 0 Å². The van der Waals surface area contributed by atoms with E-state index in [1.165, 1.54) is 4.31 Å². The summed E-state index contributed by atoms with van der Waals surface area (Å²) in [5.74, 6) is 0. The average Bonchev–Trinajstić information content (AvgIpc) is 2.49. The molecule has 0 atom stereocenters. The lowest BCUT2D eigenvalue weighted by atomic mass is 10.2. The number of rotatable bonds is 3. The van der Waals surface area contributed by atoms with E-state index < -0.39 is 10.0 Å². The fourth-order valence-corrected chi connectivity index (χ4v) is 4.33. The first-order chi connectivity index (χ1) is 7.01. The predicted octanol–water partition coefficient (Wildman–Crippen LogP) is 1.42. The average molecular weight is 303 g/mol. The highest BCUT2D eigenvalue weighted by Crippen LogP contribution is 2.28. The van der Waals surface area contributed by atoms with Crippen LogP contribution in [0.25, 0.3) is 0 Å². The molecule has 0 bridgehead atoms. The Morgan fingerprint density at radius 2 is 2.12 bits per heavy atom. The minimum Gasteiger partial charge on any atom is -0.313 e. The van der Waals surface area contributed by atoms with Crippen LogP contribution in [0, 0.1) is 0 Å². The first-order valence-electron chi connectivity index (χ1n) is 4.46. The number of nitrogens with one attached hydrogen (secondary N) is 1. The SMILES string of the molecule is CN(C1CNC1)S(=O)(=O)c1ccc(Cl)s1.Cl. The van der Waals surface area contributed by atoms with E-state index in [2.05, 4.69) is 5.32 Å². The van der Waals surface area contributed by atoms with Crippen molar-refractivity contribution in [3.63, 3.8) is 0 Å². The van der Waals surface area contributed by atoms with Gasteiger partial charge in [0.2, 0.25) is 0 Å². The number of halogens is 2. The third-order valence-corrected chi connectivity index (χ3v) is 6.06. The van der Waals surface area contributed by atoms with Crippen LogP contribution in [0.1, 0.15) is 0 Å². The molecule has 16 heavy (non-hydrogen) atoms. The van der Waals surface area contributed by atoms with E-state index in [1.807, 2.05) is 0 Å². The molecule has 1 saturated heterocycles. The molecule has 8 heteroatoms. The minimum absolute atomic E-state index is 0. The summed E-state index contributed by atoms with van der Waals surface area (Å²) >= 11 is 6.81. The van der Waals surface area contributed by atoms with Crippen LogP contribution in [-0.4, -0.2) is 38.9 Å². The highest BCUT2D eigenvalue weighted by atomic mass is 35.5. The minimum atomic E-state index is -3.35. The van der Waals surface area contributed by atoms with Crippen LogP contribution < -0.4 is 5.32 Å². The lowest BCUT2D eigenvalue weighted by Gasteiger charge is -2.34. The van der Waals surface area contributed by atoms with E-state index in [1.54, 1.807) is 19.2 Å². The molecule has 1 aliphatic rings. The maximum Gasteiger partial charge on any atom is 0.252 e. The van der Waals surface area contributed by atoms with Crippen molar-refractivity contribution in [2.45, 2.75) is 10.3 Å². The molecule has 0 radical (unpaired) electrons. The molecule has 0 spiro atoms. The topological polar surface area (TPSA) is 49.4 Å². The highest BCUT2D eigenvalue weighted by molar-refractivity contribution is 7.91. The van der Waals surface area contributed by atoms with Gasteiger partial charge in [0.25, 0.3) is 10.0 Å². The number of hydrogen-bond donors (Lipinski definition) is 1. The Labute approximate surface area is 110 Å². The molecule has 4 nitrogen and oxygen atoms in total. The molecule has 1 fully saturated rings. The third kappa shape index (κ3) is 2.52. The van der Waals surface area contributed by atoms with Crippen molar-refractivity contribution in [3.8, 4) is 0 Å². The van der Waals surface area contributed by atoms with Gasteiger partial charge in [-0.15, -0.1) is 23.7 Å². The Hall–Kier alpha value is 0.150. The number of likely N-dealkylation sites (N-methyl/N-ethyl adjacent to an activating group) is 1. The van der Waals surface area contributed by atoms with E-state index in [-0.39, 0.29) is 18.4 Å². The normalized spacial score (nSPS) is 16.9. The second kappa shape index (κ2) is 5.20. The molecule has 0 amide bonds. The van der Waals surface area contributed by atoms with Gasteiger partial charge in [-0.2, -0.15) is 4.31 Å². The number of hydrogen-bond acceptors (Lipinski definition) is 4.